The maximum Gasteiger partial charge on any atom is 0.311 e. The van der Waals surface area contributed by atoms with E-state index in [0.717, 1.165) is 23.4 Å². The first kappa shape index (κ1) is 21.1. The minimum Gasteiger partial charge on any atom is -0.479 e. The maximum atomic E-state index is 12.2. The monoisotopic (exact) mass is 412 g/mol. The predicted octanol–water partition coefficient (Wildman–Crippen LogP) is 3.71. The number of nitro groups is 1. The van der Waals surface area contributed by atoms with E-state index in [9.17, 15) is 14.9 Å². The number of carbonyl (C=O) groups is 1. The first-order chi connectivity index (χ1) is 14.3. The molecule has 1 amide bonds. The molecule has 2 aromatic heterocycles. The average Bonchev–Trinajstić information content (AvgIpc) is 3.30. The molecule has 158 valence electrons. The van der Waals surface area contributed by atoms with Crippen molar-refractivity contribution in [3.05, 3.63) is 75.0 Å². The third-order valence-corrected chi connectivity index (χ3v) is 4.50. The molecule has 9 heteroatoms. The molecular weight excluding hydrogens is 388 g/mol. The van der Waals surface area contributed by atoms with Gasteiger partial charge in [-0.05, 0) is 57.0 Å². The SMILES string of the molecule is Cc1ccc(OCc2ccc(C(=O)NCCCn3nc(C)cc3C)o2)c([N+](=O)[O-])c1. The van der Waals surface area contributed by atoms with E-state index in [1.807, 2.05) is 24.6 Å². The highest BCUT2D eigenvalue weighted by Crippen LogP contribution is 2.28. The number of nitro benzene ring substituents is 1. The van der Waals surface area contributed by atoms with E-state index in [-0.39, 0.29) is 29.7 Å². The van der Waals surface area contributed by atoms with Crippen LogP contribution >= 0.6 is 0 Å². The first-order valence-corrected chi connectivity index (χ1v) is 9.59. The minimum atomic E-state index is -0.491. The lowest BCUT2D eigenvalue weighted by molar-refractivity contribution is -0.386. The fourth-order valence-electron chi connectivity index (χ4n) is 3.04. The van der Waals surface area contributed by atoms with E-state index in [1.165, 1.54) is 6.07 Å². The second-order valence-electron chi connectivity index (χ2n) is 7.04. The summed E-state index contributed by atoms with van der Waals surface area (Å²) in [5, 5.41) is 18.4. The lowest BCUT2D eigenvalue weighted by atomic mass is 10.2. The zero-order chi connectivity index (χ0) is 21.7. The van der Waals surface area contributed by atoms with Gasteiger partial charge >= 0.3 is 5.69 Å². The van der Waals surface area contributed by atoms with Gasteiger partial charge in [-0.3, -0.25) is 19.6 Å². The van der Waals surface area contributed by atoms with Gasteiger partial charge in [0.15, 0.2) is 11.5 Å². The van der Waals surface area contributed by atoms with E-state index >= 15 is 0 Å². The van der Waals surface area contributed by atoms with E-state index in [1.54, 1.807) is 31.2 Å². The van der Waals surface area contributed by atoms with Crippen molar-refractivity contribution in [1.82, 2.24) is 15.1 Å². The van der Waals surface area contributed by atoms with E-state index < -0.39 is 4.92 Å². The fourth-order valence-corrected chi connectivity index (χ4v) is 3.04. The number of nitrogens with zero attached hydrogens (tertiary/aromatic N) is 3. The van der Waals surface area contributed by atoms with Crippen LogP contribution in [-0.4, -0.2) is 27.2 Å². The molecule has 0 saturated carbocycles. The lowest BCUT2D eigenvalue weighted by Crippen LogP contribution is -2.25. The van der Waals surface area contributed by atoms with Gasteiger partial charge in [0.2, 0.25) is 0 Å². The van der Waals surface area contributed by atoms with Gasteiger partial charge in [-0.25, -0.2) is 0 Å². The van der Waals surface area contributed by atoms with Crippen LogP contribution in [0, 0.1) is 30.9 Å². The summed E-state index contributed by atoms with van der Waals surface area (Å²) < 4.78 is 12.9. The minimum absolute atomic E-state index is 0.0187. The topological polar surface area (TPSA) is 112 Å². The molecule has 0 radical (unpaired) electrons. The smallest absolute Gasteiger partial charge is 0.311 e. The van der Waals surface area contributed by atoms with Crippen molar-refractivity contribution in [2.45, 2.75) is 40.3 Å². The highest BCUT2D eigenvalue weighted by atomic mass is 16.6. The van der Waals surface area contributed by atoms with Crippen LogP contribution in [0.2, 0.25) is 0 Å². The predicted molar refractivity (Wildman–Crippen MR) is 110 cm³/mol. The molecule has 0 aliphatic rings. The van der Waals surface area contributed by atoms with Gasteiger partial charge in [-0.15, -0.1) is 0 Å². The van der Waals surface area contributed by atoms with Crippen molar-refractivity contribution in [2.75, 3.05) is 6.54 Å². The molecule has 0 saturated heterocycles. The Hall–Kier alpha value is -3.62. The van der Waals surface area contributed by atoms with Crippen molar-refractivity contribution in [3.63, 3.8) is 0 Å². The molecule has 9 nitrogen and oxygen atoms in total. The van der Waals surface area contributed by atoms with Crippen LogP contribution in [0.15, 0.2) is 40.8 Å². The molecule has 0 aliphatic heterocycles. The molecule has 0 unspecified atom stereocenters. The molecule has 1 N–H and O–H groups in total. The number of carbonyl (C=O) groups excluding carboxylic acids is 1. The zero-order valence-electron chi connectivity index (χ0n) is 17.2. The molecule has 1 aromatic carbocycles. The van der Waals surface area contributed by atoms with E-state index in [4.69, 9.17) is 9.15 Å². The molecule has 0 aliphatic carbocycles. The van der Waals surface area contributed by atoms with Crippen LogP contribution in [0.1, 0.15) is 39.7 Å². The van der Waals surface area contributed by atoms with Crippen LogP contribution in [-0.2, 0) is 13.2 Å². The molecule has 0 bridgehead atoms. The van der Waals surface area contributed by atoms with Gasteiger partial charge in [0, 0.05) is 24.8 Å². The third-order valence-electron chi connectivity index (χ3n) is 4.50. The standard InChI is InChI=1S/C21H24N4O5/c1-14-5-7-19(18(11-14)25(27)28)29-13-17-6-8-20(30-17)21(26)22-9-4-10-24-16(3)12-15(2)23-24/h5-8,11-12H,4,9-10,13H2,1-3H3,(H,22,26). The number of hydrogen-bond acceptors (Lipinski definition) is 6. The van der Waals surface area contributed by atoms with Gasteiger partial charge < -0.3 is 14.5 Å². The molecule has 3 rings (SSSR count). The summed E-state index contributed by atoms with van der Waals surface area (Å²) >= 11 is 0. The number of benzene rings is 1. The van der Waals surface area contributed by atoms with Crippen LogP contribution in [0.25, 0.3) is 0 Å². The van der Waals surface area contributed by atoms with Crippen LogP contribution < -0.4 is 10.1 Å². The highest BCUT2D eigenvalue weighted by Gasteiger charge is 2.16. The van der Waals surface area contributed by atoms with Crippen molar-refractivity contribution in [1.29, 1.82) is 0 Å². The van der Waals surface area contributed by atoms with Crippen LogP contribution in [0.4, 0.5) is 5.69 Å². The summed E-state index contributed by atoms with van der Waals surface area (Å²) in [4.78, 5) is 22.9. The molecule has 0 atom stereocenters. The number of amides is 1. The number of furan rings is 1. The number of aryl methyl sites for hydroxylation is 4. The highest BCUT2D eigenvalue weighted by molar-refractivity contribution is 5.91. The Morgan fingerprint density at radius 1 is 1.23 bits per heavy atom. The summed E-state index contributed by atoms with van der Waals surface area (Å²) in [6, 6.07) is 9.91. The Kier molecular flexibility index (Phi) is 6.51. The van der Waals surface area contributed by atoms with E-state index in [0.29, 0.717) is 18.8 Å². The zero-order valence-corrected chi connectivity index (χ0v) is 17.2. The van der Waals surface area contributed by atoms with Crippen LogP contribution in [0.5, 0.6) is 5.75 Å². The van der Waals surface area contributed by atoms with Crippen LogP contribution in [0.3, 0.4) is 0 Å². The van der Waals surface area contributed by atoms with Crippen molar-refractivity contribution >= 4 is 11.6 Å². The van der Waals surface area contributed by atoms with Gasteiger partial charge in [0.05, 0.1) is 10.6 Å². The third kappa shape index (κ3) is 5.25. The Balaban J connectivity index is 1.49. The lowest BCUT2D eigenvalue weighted by Gasteiger charge is -2.06. The molecular formula is C21H24N4O5. The Morgan fingerprint density at radius 2 is 2.03 bits per heavy atom. The fraction of sp³-hybridized carbons (Fsp3) is 0.333. The second-order valence-corrected chi connectivity index (χ2v) is 7.04. The summed E-state index contributed by atoms with van der Waals surface area (Å²) in [5.74, 6) is 0.392. The maximum absolute atomic E-state index is 12.2. The summed E-state index contributed by atoms with van der Waals surface area (Å²) in [6.45, 7) is 6.89. The Morgan fingerprint density at radius 3 is 2.73 bits per heavy atom. The van der Waals surface area contributed by atoms with E-state index in [2.05, 4.69) is 10.4 Å². The Bertz CT molecular complexity index is 1050. The number of ether oxygens (including phenoxy) is 1. The average molecular weight is 412 g/mol. The van der Waals surface area contributed by atoms with Gasteiger partial charge in [-0.1, -0.05) is 6.07 Å². The summed E-state index contributed by atoms with van der Waals surface area (Å²) in [6.07, 6.45) is 0.738. The van der Waals surface area contributed by atoms with Gasteiger partial charge in [0.25, 0.3) is 5.91 Å². The number of hydrogen-bond donors (Lipinski definition) is 1. The Labute approximate surface area is 173 Å². The van der Waals surface area contributed by atoms with Gasteiger partial charge in [-0.2, -0.15) is 5.10 Å². The molecule has 30 heavy (non-hydrogen) atoms. The van der Waals surface area contributed by atoms with Crippen molar-refractivity contribution < 1.29 is 18.9 Å². The number of nitrogens with one attached hydrogen (secondary N) is 1. The molecule has 0 spiro atoms. The number of aromatic nitrogens is 2. The summed E-state index contributed by atoms with van der Waals surface area (Å²) in [5.41, 5.74) is 2.71. The van der Waals surface area contributed by atoms with Gasteiger partial charge in [0.1, 0.15) is 12.4 Å². The summed E-state index contributed by atoms with van der Waals surface area (Å²) in [7, 11) is 0. The second kappa shape index (κ2) is 9.25. The number of rotatable bonds is 9. The van der Waals surface area contributed by atoms with Crippen molar-refractivity contribution in [3.8, 4) is 5.75 Å². The quantitative estimate of drug-likeness (QED) is 0.326. The molecule has 3 aromatic rings. The largest absolute Gasteiger partial charge is 0.479 e. The molecule has 2 heterocycles. The first-order valence-electron chi connectivity index (χ1n) is 9.59. The molecule has 0 fully saturated rings. The normalized spacial score (nSPS) is 10.8. The van der Waals surface area contributed by atoms with Crippen molar-refractivity contribution in [2.24, 2.45) is 0 Å².